The van der Waals surface area contributed by atoms with E-state index in [-0.39, 0.29) is 5.41 Å². The van der Waals surface area contributed by atoms with E-state index in [9.17, 15) is 0 Å². The normalized spacial score (nSPS) is 18.1. The quantitative estimate of drug-likeness (QED) is 0.918. The van der Waals surface area contributed by atoms with Gasteiger partial charge < -0.3 is 15.2 Å². The number of benzene rings is 1. The molecule has 2 N–H and O–H groups in total. The first-order valence-electron chi connectivity index (χ1n) is 6.79. The van der Waals surface area contributed by atoms with Gasteiger partial charge in [-0.05, 0) is 18.9 Å². The highest BCUT2D eigenvalue weighted by Crippen LogP contribution is 2.47. The lowest BCUT2D eigenvalue weighted by atomic mass is 9.69. The molecule has 0 spiro atoms. The molecule has 1 aliphatic carbocycles. The summed E-state index contributed by atoms with van der Waals surface area (Å²) >= 11 is 3.68. The van der Waals surface area contributed by atoms with Crippen LogP contribution in [0, 0.1) is 0 Å². The number of rotatable bonds is 4. The molecule has 19 heavy (non-hydrogen) atoms. The Morgan fingerprint density at radius 1 is 1.16 bits per heavy atom. The summed E-state index contributed by atoms with van der Waals surface area (Å²) in [6, 6.07) is 3.95. The fourth-order valence-corrected chi connectivity index (χ4v) is 3.98. The summed E-state index contributed by atoms with van der Waals surface area (Å²) in [5.41, 5.74) is 7.37. The van der Waals surface area contributed by atoms with E-state index in [1.165, 1.54) is 24.8 Å². The van der Waals surface area contributed by atoms with E-state index in [1.54, 1.807) is 14.2 Å². The predicted molar refractivity (Wildman–Crippen MR) is 81.1 cm³/mol. The van der Waals surface area contributed by atoms with E-state index >= 15 is 0 Å². The molecule has 1 saturated carbocycles. The Hall–Kier alpha value is -0.740. The van der Waals surface area contributed by atoms with Gasteiger partial charge in [0.05, 0.1) is 14.2 Å². The highest BCUT2D eigenvalue weighted by Gasteiger charge is 2.36. The molecule has 0 unspecified atom stereocenters. The average molecular weight is 328 g/mol. The number of ether oxygens (including phenoxy) is 2. The monoisotopic (exact) mass is 327 g/mol. The number of hydrogen-bond donors (Lipinski definition) is 1. The summed E-state index contributed by atoms with van der Waals surface area (Å²) in [6.45, 7) is 0.661. The van der Waals surface area contributed by atoms with Gasteiger partial charge in [-0.25, -0.2) is 0 Å². The van der Waals surface area contributed by atoms with E-state index in [0.717, 1.165) is 28.8 Å². The Morgan fingerprint density at radius 3 is 2.37 bits per heavy atom. The summed E-state index contributed by atoms with van der Waals surface area (Å²) in [5, 5.41) is 0. The van der Waals surface area contributed by atoms with Gasteiger partial charge in [0, 0.05) is 28.1 Å². The molecule has 3 nitrogen and oxygen atoms in total. The molecule has 2 rings (SSSR count). The molecule has 1 aliphatic rings. The highest BCUT2D eigenvalue weighted by atomic mass is 79.9. The molecule has 0 aromatic heterocycles. The van der Waals surface area contributed by atoms with Crippen LogP contribution in [0.25, 0.3) is 0 Å². The Bertz CT molecular complexity index is 442. The van der Waals surface area contributed by atoms with Crippen molar-refractivity contribution in [3.8, 4) is 11.5 Å². The fourth-order valence-electron chi connectivity index (χ4n) is 3.14. The molecule has 0 bridgehead atoms. The van der Waals surface area contributed by atoms with Crippen molar-refractivity contribution in [3.63, 3.8) is 0 Å². The molecule has 0 atom stereocenters. The number of nitrogens with two attached hydrogens (primary N) is 1. The molecule has 0 radical (unpaired) electrons. The maximum Gasteiger partial charge on any atom is 0.127 e. The van der Waals surface area contributed by atoms with E-state index in [1.807, 2.05) is 12.1 Å². The molecule has 106 valence electrons. The first-order valence-corrected chi connectivity index (χ1v) is 7.58. The average Bonchev–Trinajstić information content (AvgIpc) is 2.46. The summed E-state index contributed by atoms with van der Waals surface area (Å²) in [5.74, 6) is 1.68. The van der Waals surface area contributed by atoms with Gasteiger partial charge in [0.1, 0.15) is 11.5 Å². The minimum atomic E-state index is 0.0364. The third-order valence-electron chi connectivity index (χ3n) is 4.21. The topological polar surface area (TPSA) is 44.5 Å². The second kappa shape index (κ2) is 6.14. The van der Waals surface area contributed by atoms with Crippen molar-refractivity contribution in [3.05, 3.63) is 22.2 Å². The van der Waals surface area contributed by atoms with Crippen LogP contribution in [0.1, 0.15) is 37.7 Å². The van der Waals surface area contributed by atoms with Gasteiger partial charge in [-0.3, -0.25) is 0 Å². The summed E-state index contributed by atoms with van der Waals surface area (Å²) in [4.78, 5) is 0. The van der Waals surface area contributed by atoms with Crippen molar-refractivity contribution in [1.82, 2.24) is 0 Å². The molecule has 1 aromatic carbocycles. The molecule has 0 amide bonds. The zero-order valence-corrected chi connectivity index (χ0v) is 13.3. The minimum Gasteiger partial charge on any atom is -0.497 e. The van der Waals surface area contributed by atoms with Crippen LogP contribution in [0.3, 0.4) is 0 Å². The summed E-state index contributed by atoms with van der Waals surface area (Å²) in [7, 11) is 3.37. The van der Waals surface area contributed by atoms with Crippen LogP contribution in [0.4, 0.5) is 0 Å². The molecular weight excluding hydrogens is 306 g/mol. The van der Waals surface area contributed by atoms with Crippen LogP contribution in [0.15, 0.2) is 16.6 Å². The molecule has 1 fully saturated rings. The summed E-state index contributed by atoms with van der Waals surface area (Å²) in [6.07, 6.45) is 6.03. The smallest absolute Gasteiger partial charge is 0.127 e. The van der Waals surface area contributed by atoms with Crippen LogP contribution < -0.4 is 15.2 Å². The maximum absolute atomic E-state index is 6.13. The van der Waals surface area contributed by atoms with E-state index in [0.29, 0.717) is 6.54 Å². The van der Waals surface area contributed by atoms with Gasteiger partial charge >= 0.3 is 0 Å². The SMILES string of the molecule is COc1cc(Br)c(C2(CN)CCCCC2)c(OC)c1. The van der Waals surface area contributed by atoms with Crippen molar-refractivity contribution in [2.75, 3.05) is 20.8 Å². The van der Waals surface area contributed by atoms with Gasteiger partial charge in [0.25, 0.3) is 0 Å². The molecule has 0 heterocycles. The van der Waals surface area contributed by atoms with E-state index < -0.39 is 0 Å². The van der Waals surface area contributed by atoms with Crippen LogP contribution in [0.5, 0.6) is 11.5 Å². The van der Waals surface area contributed by atoms with Gasteiger partial charge in [-0.2, -0.15) is 0 Å². The summed E-state index contributed by atoms with van der Waals surface area (Å²) < 4.78 is 11.9. The second-order valence-corrected chi connectivity index (χ2v) is 6.09. The van der Waals surface area contributed by atoms with Gasteiger partial charge in [0.15, 0.2) is 0 Å². The van der Waals surface area contributed by atoms with Crippen LogP contribution >= 0.6 is 15.9 Å². The van der Waals surface area contributed by atoms with Crippen molar-refractivity contribution >= 4 is 15.9 Å². The standard InChI is InChI=1S/C15H22BrNO2/c1-18-11-8-12(16)14(13(9-11)19-2)15(10-17)6-4-3-5-7-15/h8-9H,3-7,10,17H2,1-2H3. The first kappa shape index (κ1) is 14.7. The van der Waals surface area contributed by atoms with E-state index in [4.69, 9.17) is 15.2 Å². The zero-order chi connectivity index (χ0) is 13.9. The van der Waals surface area contributed by atoms with Gasteiger partial charge in [-0.1, -0.05) is 35.2 Å². The Balaban J connectivity index is 2.52. The van der Waals surface area contributed by atoms with Crippen molar-refractivity contribution in [1.29, 1.82) is 0 Å². The molecular formula is C15H22BrNO2. The second-order valence-electron chi connectivity index (χ2n) is 5.23. The largest absolute Gasteiger partial charge is 0.497 e. The first-order chi connectivity index (χ1) is 9.16. The predicted octanol–water partition coefficient (Wildman–Crippen LogP) is 3.63. The van der Waals surface area contributed by atoms with Crippen LogP contribution in [-0.4, -0.2) is 20.8 Å². The lowest BCUT2D eigenvalue weighted by molar-refractivity contribution is 0.285. The van der Waals surface area contributed by atoms with E-state index in [2.05, 4.69) is 15.9 Å². The number of halogens is 1. The maximum atomic E-state index is 6.13. The lowest BCUT2D eigenvalue weighted by Crippen LogP contribution is -2.37. The van der Waals surface area contributed by atoms with Crippen LogP contribution in [-0.2, 0) is 5.41 Å². The molecule has 0 saturated heterocycles. The van der Waals surface area contributed by atoms with Crippen LogP contribution in [0.2, 0.25) is 0 Å². The van der Waals surface area contributed by atoms with Gasteiger partial charge in [-0.15, -0.1) is 0 Å². The Labute approximate surface area is 123 Å². The Morgan fingerprint density at radius 2 is 1.84 bits per heavy atom. The molecule has 4 heteroatoms. The molecule has 0 aliphatic heterocycles. The number of hydrogen-bond acceptors (Lipinski definition) is 3. The van der Waals surface area contributed by atoms with Gasteiger partial charge in [0.2, 0.25) is 0 Å². The molecule has 1 aromatic rings. The highest BCUT2D eigenvalue weighted by molar-refractivity contribution is 9.10. The minimum absolute atomic E-state index is 0.0364. The lowest BCUT2D eigenvalue weighted by Gasteiger charge is -2.38. The fraction of sp³-hybridized carbons (Fsp3) is 0.600. The third kappa shape index (κ3) is 2.75. The Kier molecular flexibility index (Phi) is 4.74. The zero-order valence-electron chi connectivity index (χ0n) is 11.7. The van der Waals surface area contributed by atoms with Crippen molar-refractivity contribution in [2.45, 2.75) is 37.5 Å². The van der Waals surface area contributed by atoms with Crippen molar-refractivity contribution < 1.29 is 9.47 Å². The number of methoxy groups -OCH3 is 2. The third-order valence-corrected chi connectivity index (χ3v) is 4.84. The van der Waals surface area contributed by atoms with Crippen molar-refractivity contribution in [2.24, 2.45) is 5.73 Å².